The van der Waals surface area contributed by atoms with E-state index in [1.54, 1.807) is 0 Å². The molecule has 1 aliphatic carbocycles. The highest BCUT2D eigenvalue weighted by Gasteiger charge is 2.45. The van der Waals surface area contributed by atoms with Crippen LogP contribution >= 0.6 is 0 Å². The molecule has 0 unspecified atom stereocenters. The van der Waals surface area contributed by atoms with Crippen LogP contribution in [0.5, 0.6) is 0 Å². The van der Waals surface area contributed by atoms with E-state index in [0.717, 1.165) is 17.7 Å². The van der Waals surface area contributed by atoms with Gasteiger partial charge in [0, 0.05) is 11.7 Å². The monoisotopic (exact) mass is 216 g/mol. The van der Waals surface area contributed by atoms with Gasteiger partial charge in [0.15, 0.2) is 0 Å². The van der Waals surface area contributed by atoms with Crippen LogP contribution in [0.15, 0.2) is 24.3 Å². The Bertz CT molecular complexity index is 412. The van der Waals surface area contributed by atoms with Crippen molar-refractivity contribution >= 4 is 11.6 Å². The Morgan fingerprint density at radius 2 is 1.94 bits per heavy atom. The normalized spacial score (nSPS) is 32.5. The molecular weight excluding hydrogens is 200 g/mol. The van der Waals surface area contributed by atoms with Gasteiger partial charge in [0.2, 0.25) is 5.91 Å². The Balaban J connectivity index is 1.93. The number of nitrogen functional groups attached to an aromatic ring is 1. The Morgan fingerprint density at radius 3 is 2.69 bits per heavy atom. The number of hydrogen-bond donors (Lipinski definition) is 2. The number of nitrogens with two attached hydrogens (primary N) is 1. The van der Waals surface area contributed by atoms with Crippen LogP contribution in [0.25, 0.3) is 0 Å². The Morgan fingerprint density at radius 1 is 1.19 bits per heavy atom. The number of hydrogen-bond acceptors (Lipinski definition) is 2. The highest BCUT2D eigenvalue weighted by molar-refractivity contribution is 5.87. The molecule has 2 fully saturated rings. The smallest absolute Gasteiger partial charge is 0.228 e. The van der Waals surface area contributed by atoms with Crippen LogP contribution in [0.2, 0.25) is 0 Å². The summed E-state index contributed by atoms with van der Waals surface area (Å²) in [6.07, 6.45) is 3.54. The first-order valence-electron chi connectivity index (χ1n) is 5.91. The molecule has 0 radical (unpaired) electrons. The zero-order valence-electron chi connectivity index (χ0n) is 9.15. The molecule has 3 N–H and O–H groups in total. The van der Waals surface area contributed by atoms with Crippen molar-refractivity contribution in [1.29, 1.82) is 0 Å². The van der Waals surface area contributed by atoms with Gasteiger partial charge < -0.3 is 11.1 Å². The minimum absolute atomic E-state index is 0.0492. The molecular formula is C13H16N2O. The summed E-state index contributed by atoms with van der Waals surface area (Å²) in [5.74, 6) is 0.740. The van der Waals surface area contributed by atoms with Crippen molar-refractivity contribution in [3.63, 3.8) is 0 Å². The van der Waals surface area contributed by atoms with Crippen LogP contribution in [0.4, 0.5) is 5.69 Å². The van der Waals surface area contributed by atoms with Gasteiger partial charge in [-0.15, -0.1) is 0 Å². The number of nitrogens with one attached hydrogen (secondary N) is 1. The van der Waals surface area contributed by atoms with E-state index in [9.17, 15) is 4.79 Å². The van der Waals surface area contributed by atoms with Gasteiger partial charge in [0.1, 0.15) is 0 Å². The molecule has 1 saturated carbocycles. The topological polar surface area (TPSA) is 55.1 Å². The Labute approximate surface area is 95.0 Å². The summed E-state index contributed by atoms with van der Waals surface area (Å²) in [6.45, 7) is 0. The van der Waals surface area contributed by atoms with Gasteiger partial charge >= 0.3 is 0 Å². The van der Waals surface area contributed by atoms with Gasteiger partial charge in [0.05, 0.1) is 5.92 Å². The molecule has 0 aromatic heterocycles. The molecule has 1 amide bonds. The molecule has 3 rings (SSSR count). The lowest BCUT2D eigenvalue weighted by Gasteiger charge is -2.15. The molecule has 2 aliphatic rings. The molecule has 3 atom stereocenters. The zero-order valence-corrected chi connectivity index (χ0v) is 9.15. The van der Waals surface area contributed by atoms with Crippen molar-refractivity contribution in [1.82, 2.24) is 5.32 Å². The van der Waals surface area contributed by atoms with Crippen LogP contribution in [-0.4, -0.2) is 11.9 Å². The second-order valence-corrected chi connectivity index (χ2v) is 4.85. The van der Waals surface area contributed by atoms with Crippen LogP contribution < -0.4 is 11.1 Å². The van der Waals surface area contributed by atoms with Crippen molar-refractivity contribution < 1.29 is 4.79 Å². The number of fused-ring (bicyclic) bond motifs is 1. The van der Waals surface area contributed by atoms with Crippen LogP contribution in [0.1, 0.15) is 30.7 Å². The van der Waals surface area contributed by atoms with E-state index in [0.29, 0.717) is 12.0 Å². The summed E-state index contributed by atoms with van der Waals surface area (Å²) in [7, 11) is 0. The van der Waals surface area contributed by atoms with Crippen molar-refractivity contribution in [2.45, 2.75) is 31.2 Å². The highest BCUT2D eigenvalue weighted by atomic mass is 16.2. The summed E-state index contributed by atoms with van der Waals surface area (Å²) < 4.78 is 0. The van der Waals surface area contributed by atoms with Crippen LogP contribution in [-0.2, 0) is 4.79 Å². The highest BCUT2D eigenvalue weighted by Crippen LogP contribution is 2.42. The first kappa shape index (κ1) is 9.70. The van der Waals surface area contributed by atoms with Gasteiger partial charge in [-0.3, -0.25) is 4.79 Å². The molecule has 0 bridgehead atoms. The Kier molecular flexibility index (Phi) is 2.13. The number of rotatable bonds is 1. The fourth-order valence-corrected chi connectivity index (χ4v) is 3.14. The van der Waals surface area contributed by atoms with E-state index in [-0.39, 0.29) is 11.8 Å². The zero-order chi connectivity index (χ0) is 11.1. The van der Waals surface area contributed by atoms with Crippen LogP contribution in [0.3, 0.4) is 0 Å². The second-order valence-electron chi connectivity index (χ2n) is 4.85. The molecule has 1 aromatic carbocycles. The largest absolute Gasteiger partial charge is 0.399 e. The number of benzene rings is 1. The second kappa shape index (κ2) is 3.51. The van der Waals surface area contributed by atoms with Crippen molar-refractivity contribution in [3.8, 4) is 0 Å². The minimum Gasteiger partial charge on any atom is -0.399 e. The fraction of sp³-hybridized carbons (Fsp3) is 0.462. The van der Waals surface area contributed by atoms with Crippen molar-refractivity contribution in [3.05, 3.63) is 29.8 Å². The van der Waals surface area contributed by atoms with E-state index in [1.807, 2.05) is 24.3 Å². The predicted octanol–water partition coefficient (Wildman–Crippen LogP) is 1.65. The first-order valence-corrected chi connectivity index (χ1v) is 5.91. The number of carbonyl (C=O) groups is 1. The van der Waals surface area contributed by atoms with Gasteiger partial charge in [-0.05, 0) is 36.5 Å². The van der Waals surface area contributed by atoms with Gasteiger partial charge in [-0.25, -0.2) is 0 Å². The summed E-state index contributed by atoms with van der Waals surface area (Å²) in [4.78, 5) is 11.9. The summed E-state index contributed by atoms with van der Waals surface area (Å²) in [5, 5.41) is 3.11. The van der Waals surface area contributed by atoms with Gasteiger partial charge in [-0.2, -0.15) is 0 Å². The van der Waals surface area contributed by atoms with Crippen molar-refractivity contribution in [2.75, 3.05) is 5.73 Å². The fourth-order valence-electron chi connectivity index (χ4n) is 3.14. The summed E-state index contributed by atoms with van der Waals surface area (Å²) in [5.41, 5.74) is 7.53. The summed E-state index contributed by atoms with van der Waals surface area (Å²) >= 11 is 0. The maximum atomic E-state index is 11.9. The molecule has 84 valence electrons. The molecule has 1 heterocycles. The molecule has 1 saturated heterocycles. The summed E-state index contributed by atoms with van der Waals surface area (Å²) in [6, 6.07) is 8.14. The first-order chi connectivity index (χ1) is 7.75. The average Bonchev–Trinajstić information content (AvgIpc) is 2.79. The maximum absolute atomic E-state index is 11.9. The third kappa shape index (κ3) is 1.39. The third-order valence-corrected chi connectivity index (χ3v) is 3.90. The predicted molar refractivity (Wildman–Crippen MR) is 62.9 cm³/mol. The van der Waals surface area contributed by atoms with E-state index < -0.39 is 0 Å². The SMILES string of the molecule is Nc1ccc([C@@H]2C(=O)N[C@@H]3CCC[C@@H]32)cc1. The number of anilines is 1. The van der Waals surface area contributed by atoms with Gasteiger partial charge in [0.25, 0.3) is 0 Å². The van der Waals surface area contributed by atoms with Crippen LogP contribution in [0, 0.1) is 5.92 Å². The molecule has 1 aliphatic heterocycles. The Hall–Kier alpha value is -1.51. The molecule has 16 heavy (non-hydrogen) atoms. The quantitative estimate of drug-likeness (QED) is 0.701. The van der Waals surface area contributed by atoms with E-state index in [4.69, 9.17) is 5.73 Å². The van der Waals surface area contributed by atoms with E-state index >= 15 is 0 Å². The minimum atomic E-state index is 0.0492. The molecule has 3 nitrogen and oxygen atoms in total. The van der Waals surface area contributed by atoms with E-state index in [1.165, 1.54) is 12.8 Å². The number of amides is 1. The molecule has 0 spiro atoms. The lowest BCUT2D eigenvalue weighted by atomic mass is 9.86. The third-order valence-electron chi connectivity index (χ3n) is 3.90. The molecule has 3 heteroatoms. The molecule has 1 aromatic rings. The number of carbonyl (C=O) groups excluding carboxylic acids is 1. The van der Waals surface area contributed by atoms with E-state index in [2.05, 4.69) is 5.32 Å². The lowest BCUT2D eigenvalue weighted by molar-refractivity contribution is -0.121. The van der Waals surface area contributed by atoms with Gasteiger partial charge in [-0.1, -0.05) is 18.6 Å². The lowest BCUT2D eigenvalue weighted by Crippen LogP contribution is -2.25. The standard InChI is InChI=1S/C13H16N2O/c14-9-6-4-8(5-7-9)12-10-2-1-3-11(10)15-13(12)16/h4-7,10-12H,1-3,14H2,(H,15,16)/t10-,11+,12-/m0/s1. The average molecular weight is 216 g/mol. The maximum Gasteiger partial charge on any atom is 0.228 e. The van der Waals surface area contributed by atoms with Crippen molar-refractivity contribution in [2.24, 2.45) is 5.92 Å².